The highest BCUT2D eigenvalue weighted by Crippen LogP contribution is 2.53. The first kappa shape index (κ1) is 42.4. The van der Waals surface area contributed by atoms with E-state index in [1.165, 1.54) is 60.8 Å². The van der Waals surface area contributed by atoms with Gasteiger partial charge in [0.15, 0.2) is 0 Å². The van der Waals surface area contributed by atoms with Crippen LogP contribution in [0.2, 0.25) is 0 Å². The van der Waals surface area contributed by atoms with E-state index in [9.17, 15) is 0 Å². The number of anilines is 3. The van der Waals surface area contributed by atoms with Crippen LogP contribution in [0.1, 0.15) is 22.6 Å². The van der Waals surface area contributed by atoms with Crippen LogP contribution in [-0.4, -0.2) is 0 Å². The molecule has 0 fully saturated rings. The van der Waals surface area contributed by atoms with Crippen LogP contribution in [-0.2, 0) is 0 Å². The van der Waals surface area contributed by atoms with Crippen molar-refractivity contribution in [1.29, 1.82) is 0 Å². The molecule has 1 aliphatic carbocycles. The van der Waals surface area contributed by atoms with Gasteiger partial charge < -0.3 is 9.32 Å². The second-order valence-electron chi connectivity index (χ2n) is 19.2. The van der Waals surface area contributed by atoms with E-state index in [0.29, 0.717) is 0 Å². The molecule has 0 bridgehead atoms. The maximum Gasteiger partial charge on any atom is 0.143 e. The van der Waals surface area contributed by atoms with Crippen LogP contribution >= 0.6 is 0 Å². The lowest BCUT2D eigenvalue weighted by atomic mass is 9.88. The van der Waals surface area contributed by atoms with E-state index in [2.05, 4.69) is 284 Å². The summed E-state index contributed by atoms with van der Waals surface area (Å²) in [6, 6.07) is 102. The number of hydrogen-bond acceptors (Lipinski definition) is 2. The average Bonchev–Trinajstić information content (AvgIpc) is 4.03. The van der Waals surface area contributed by atoms with E-state index in [1.54, 1.807) is 0 Å². The Labute approximate surface area is 425 Å². The van der Waals surface area contributed by atoms with Crippen molar-refractivity contribution in [2.45, 2.75) is 5.92 Å². The van der Waals surface area contributed by atoms with Crippen LogP contribution in [0, 0.1) is 0 Å². The molecule has 0 aliphatic heterocycles. The van der Waals surface area contributed by atoms with Crippen LogP contribution in [0.3, 0.4) is 0 Å². The molecule has 0 radical (unpaired) electrons. The molecule has 0 spiro atoms. The molecule has 12 aromatic carbocycles. The molecule has 342 valence electrons. The Morgan fingerprint density at radius 1 is 0.274 bits per heavy atom. The lowest BCUT2D eigenvalue weighted by molar-refractivity contribution is 0.671. The van der Waals surface area contributed by atoms with Gasteiger partial charge in [-0.25, -0.2) is 0 Å². The van der Waals surface area contributed by atoms with E-state index >= 15 is 0 Å². The Kier molecular flexibility index (Phi) is 10.3. The maximum absolute atomic E-state index is 6.84. The predicted octanol–water partition coefficient (Wildman–Crippen LogP) is 19.7. The summed E-state index contributed by atoms with van der Waals surface area (Å²) < 4.78 is 6.84. The van der Waals surface area contributed by atoms with Gasteiger partial charge in [0, 0.05) is 44.9 Å². The first-order chi connectivity index (χ1) is 36.2. The molecule has 1 unspecified atom stereocenters. The van der Waals surface area contributed by atoms with Gasteiger partial charge in [-0.3, -0.25) is 0 Å². The van der Waals surface area contributed by atoms with E-state index in [0.717, 1.165) is 72.4 Å². The Balaban J connectivity index is 0.862. The Morgan fingerprint density at radius 2 is 0.726 bits per heavy atom. The first-order valence-electron chi connectivity index (χ1n) is 25.2. The predicted molar refractivity (Wildman–Crippen MR) is 306 cm³/mol. The monoisotopic (exact) mass is 929 g/mol. The summed E-state index contributed by atoms with van der Waals surface area (Å²) >= 11 is 0. The number of hydrogen-bond donors (Lipinski definition) is 0. The molecule has 1 aliphatic rings. The lowest BCUT2D eigenvalue weighted by Crippen LogP contribution is -2.10. The minimum atomic E-state index is 0.104. The molecule has 0 saturated carbocycles. The number of rotatable bonds is 9. The summed E-state index contributed by atoms with van der Waals surface area (Å²) in [6.45, 7) is 0. The van der Waals surface area contributed by atoms with Gasteiger partial charge >= 0.3 is 0 Å². The van der Waals surface area contributed by atoms with Crippen LogP contribution < -0.4 is 4.90 Å². The van der Waals surface area contributed by atoms with Gasteiger partial charge in [0.2, 0.25) is 0 Å². The summed E-state index contributed by atoms with van der Waals surface area (Å²) in [5, 5.41) is 4.77. The fraction of sp³-hybridized carbons (Fsp3) is 0.0141. The van der Waals surface area contributed by atoms with Crippen molar-refractivity contribution in [3.8, 4) is 66.8 Å². The Hall–Kier alpha value is -9.50. The highest BCUT2D eigenvalue weighted by atomic mass is 16.3. The maximum atomic E-state index is 6.84. The van der Waals surface area contributed by atoms with Gasteiger partial charge in [-0.15, -0.1) is 0 Å². The van der Waals surface area contributed by atoms with Crippen molar-refractivity contribution in [2.24, 2.45) is 0 Å². The van der Waals surface area contributed by atoms with E-state index in [4.69, 9.17) is 4.42 Å². The minimum absolute atomic E-state index is 0.104. The fourth-order valence-corrected chi connectivity index (χ4v) is 11.4. The molecule has 13 aromatic rings. The van der Waals surface area contributed by atoms with Crippen LogP contribution in [0.4, 0.5) is 17.1 Å². The van der Waals surface area contributed by atoms with E-state index < -0.39 is 0 Å². The lowest BCUT2D eigenvalue weighted by Gasteiger charge is -2.27. The minimum Gasteiger partial charge on any atom is -0.455 e. The van der Waals surface area contributed by atoms with Crippen molar-refractivity contribution in [3.05, 3.63) is 296 Å². The number of fused-ring (bicyclic) bond motifs is 8. The molecular weight excluding hydrogens is 883 g/mol. The van der Waals surface area contributed by atoms with E-state index in [-0.39, 0.29) is 5.92 Å². The van der Waals surface area contributed by atoms with Crippen molar-refractivity contribution in [3.63, 3.8) is 0 Å². The van der Waals surface area contributed by atoms with Crippen molar-refractivity contribution in [1.82, 2.24) is 0 Å². The first-order valence-corrected chi connectivity index (χ1v) is 25.2. The van der Waals surface area contributed by atoms with Crippen molar-refractivity contribution in [2.75, 3.05) is 4.90 Å². The SMILES string of the molecule is c1ccc(-c2ccc(C3c4ccc(N(c5ccc(-c6ccccc6)cc5)c5ccc(-c6cccc(-c7cccc8c7oc7c(-c9ccccc9)cccc78)c6)cc5)cc4-c4c3ccc3ccccc43)cc2)cc1. The molecule has 1 heterocycles. The van der Waals surface area contributed by atoms with Gasteiger partial charge in [-0.2, -0.15) is 0 Å². The molecule has 1 aromatic heterocycles. The third kappa shape index (κ3) is 7.43. The van der Waals surface area contributed by atoms with Gasteiger partial charge in [-0.05, 0) is 126 Å². The second-order valence-corrected chi connectivity index (χ2v) is 19.2. The van der Waals surface area contributed by atoms with Gasteiger partial charge in [0.05, 0.1) is 0 Å². The summed E-state index contributed by atoms with van der Waals surface area (Å²) in [5.74, 6) is 0.104. The molecule has 73 heavy (non-hydrogen) atoms. The fourth-order valence-electron chi connectivity index (χ4n) is 11.4. The van der Waals surface area contributed by atoms with Crippen molar-refractivity contribution < 1.29 is 4.42 Å². The summed E-state index contributed by atoms with van der Waals surface area (Å²) in [4.78, 5) is 2.41. The zero-order chi connectivity index (χ0) is 48.2. The molecule has 0 amide bonds. The van der Waals surface area contributed by atoms with Crippen LogP contribution in [0.5, 0.6) is 0 Å². The second kappa shape index (κ2) is 17.7. The van der Waals surface area contributed by atoms with Gasteiger partial charge in [0.25, 0.3) is 0 Å². The average molecular weight is 930 g/mol. The molecule has 0 saturated heterocycles. The number of nitrogens with zero attached hydrogens (tertiary/aromatic N) is 1. The molecule has 2 heteroatoms. The third-order valence-corrected chi connectivity index (χ3v) is 15.0. The highest BCUT2D eigenvalue weighted by molar-refractivity contribution is 6.13. The number of para-hydroxylation sites is 2. The van der Waals surface area contributed by atoms with Crippen LogP contribution in [0.15, 0.2) is 283 Å². The zero-order valence-electron chi connectivity index (χ0n) is 40.0. The van der Waals surface area contributed by atoms with Crippen LogP contribution in [0.25, 0.3) is 99.5 Å². The Morgan fingerprint density at radius 3 is 1.36 bits per heavy atom. The normalized spacial score (nSPS) is 12.8. The summed E-state index contributed by atoms with van der Waals surface area (Å²) in [6.07, 6.45) is 0. The topological polar surface area (TPSA) is 16.4 Å². The molecule has 14 rings (SSSR count). The number of furan rings is 1. The smallest absolute Gasteiger partial charge is 0.143 e. The quantitative estimate of drug-likeness (QED) is 0.143. The summed E-state index contributed by atoms with van der Waals surface area (Å²) in [7, 11) is 0. The largest absolute Gasteiger partial charge is 0.455 e. The van der Waals surface area contributed by atoms with Crippen molar-refractivity contribution >= 4 is 49.8 Å². The number of benzene rings is 12. The standard InChI is InChI=1S/C71H47NO/c1-4-15-47(16-5-1)49-29-31-54(32-30-49)68-63-44-42-59(46-67(63)69-60-24-11-10-21-53(60)37-43-66(68)69)72(57-38-33-50(34-39-57)48-17-6-2-7-18-48)58-40-35-51(36-41-58)55-22-12-23-56(45-55)62-26-14-28-65-64-27-13-25-61(70(64)73-71(62)65)52-19-8-3-9-20-52/h1-46,68H. The summed E-state index contributed by atoms with van der Waals surface area (Å²) in [5.41, 5.74) is 23.2. The Bertz CT molecular complexity index is 4160. The van der Waals surface area contributed by atoms with E-state index in [1.807, 2.05) is 0 Å². The molecule has 2 nitrogen and oxygen atoms in total. The third-order valence-electron chi connectivity index (χ3n) is 15.0. The van der Waals surface area contributed by atoms with Gasteiger partial charge in [0.1, 0.15) is 11.2 Å². The zero-order valence-corrected chi connectivity index (χ0v) is 40.0. The molecular formula is C71H47NO. The molecule has 0 N–H and O–H groups in total. The highest BCUT2D eigenvalue weighted by Gasteiger charge is 2.32. The van der Waals surface area contributed by atoms with Gasteiger partial charge in [-0.1, -0.05) is 237 Å². The molecule has 1 atom stereocenters.